The normalized spacial score (nSPS) is 10.4. The van der Waals surface area contributed by atoms with Gasteiger partial charge in [-0.3, -0.25) is 10.1 Å². The molecule has 0 atom stereocenters. The molecule has 0 aliphatic carbocycles. The molecule has 8 nitrogen and oxygen atoms in total. The van der Waals surface area contributed by atoms with E-state index >= 15 is 0 Å². The third-order valence-electron chi connectivity index (χ3n) is 2.44. The maximum absolute atomic E-state index is 10.6. The van der Waals surface area contributed by atoms with Gasteiger partial charge in [-0.25, -0.2) is 15.8 Å². The second-order valence-electron chi connectivity index (χ2n) is 3.94. The molecule has 1 heterocycles. The lowest BCUT2D eigenvalue weighted by Gasteiger charge is -2.07. The molecule has 0 radical (unpaired) electrons. The van der Waals surface area contributed by atoms with Crippen molar-refractivity contribution in [2.75, 3.05) is 12.5 Å². The monoisotopic (exact) mass is 307 g/mol. The Morgan fingerprint density at radius 2 is 2.10 bits per heavy atom. The Labute approximate surface area is 124 Å². The summed E-state index contributed by atoms with van der Waals surface area (Å²) in [6.45, 7) is 0.267. The average Bonchev–Trinajstić information content (AvgIpc) is 2.48. The van der Waals surface area contributed by atoms with Gasteiger partial charge in [0.2, 0.25) is 0 Å². The first-order chi connectivity index (χ1) is 10.1. The highest BCUT2D eigenvalue weighted by atomic mass is 32.2. The number of nitrogens with two attached hydrogens (primary N) is 1. The third kappa shape index (κ3) is 4.12. The Bertz CT molecular complexity index is 635. The summed E-state index contributed by atoms with van der Waals surface area (Å²) < 4.78 is 5.00. The number of hydrogen-bond acceptors (Lipinski definition) is 8. The van der Waals surface area contributed by atoms with Crippen LogP contribution in [0.2, 0.25) is 0 Å². The van der Waals surface area contributed by atoms with E-state index in [0.717, 1.165) is 4.90 Å². The number of nitrogens with one attached hydrogen (secondary N) is 1. The van der Waals surface area contributed by atoms with E-state index in [-0.39, 0.29) is 12.3 Å². The molecule has 3 N–H and O–H groups in total. The van der Waals surface area contributed by atoms with Crippen LogP contribution in [-0.2, 0) is 11.3 Å². The van der Waals surface area contributed by atoms with Crippen LogP contribution in [0.15, 0.2) is 40.3 Å². The van der Waals surface area contributed by atoms with E-state index in [9.17, 15) is 10.1 Å². The van der Waals surface area contributed by atoms with Crippen LogP contribution >= 0.6 is 11.8 Å². The number of benzene rings is 1. The van der Waals surface area contributed by atoms with Gasteiger partial charge in [-0.1, -0.05) is 11.8 Å². The van der Waals surface area contributed by atoms with Crippen LogP contribution in [0.4, 0.5) is 11.5 Å². The maximum Gasteiger partial charge on any atom is 0.269 e. The number of aromatic nitrogens is 2. The highest BCUT2D eigenvalue weighted by Crippen LogP contribution is 2.28. The summed E-state index contributed by atoms with van der Waals surface area (Å²) >= 11 is 1.35. The van der Waals surface area contributed by atoms with Crippen molar-refractivity contribution < 1.29 is 9.66 Å². The minimum Gasteiger partial charge on any atom is -0.377 e. The van der Waals surface area contributed by atoms with Crippen molar-refractivity contribution >= 4 is 23.3 Å². The van der Waals surface area contributed by atoms with Crippen molar-refractivity contribution in [3.8, 4) is 0 Å². The highest BCUT2D eigenvalue weighted by Gasteiger charge is 2.08. The van der Waals surface area contributed by atoms with Gasteiger partial charge >= 0.3 is 0 Å². The van der Waals surface area contributed by atoms with E-state index in [1.54, 1.807) is 25.3 Å². The quantitative estimate of drug-likeness (QED) is 0.360. The molecular weight excluding hydrogens is 294 g/mol. The minimum absolute atomic E-state index is 0.0476. The lowest BCUT2D eigenvalue weighted by atomic mass is 10.3. The Morgan fingerprint density at radius 3 is 2.67 bits per heavy atom. The largest absolute Gasteiger partial charge is 0.377 e. The first-order valence-electron chi connectivity index (χ1n) is 5.88. The number of nitrogen functional groups attached to an aromatic ring is 1. The number of anilines is 1. The maximum atomic E-state index is 10.6. The molecule has 0 aliphatic heterocycles. The number of hydrazine groups is 1. The van der Waals surface area contributed by atoms with Crippen molar-refractivity contribution in [1.82, 2.24) is 9.97 Å². The lowest BCUT2D eigenvalue weighted by molar-refractivity contribution is -0.384. The standard InChI is InChI=1S/C12H13N5O3S/c1-20-7-11-14-10(16-13)6-12(15-11)21-9-4-2-8(3-5-9)17(18)19/h2-6H,7,13H2,1H3,(H,14,15,16). The highest BCUT2D eigenvalue weighted by molar-refractivity contribution is 7.99. The predicted molar refractivity (Wildman–Crippen MR) is 77.8 cm³/mol. The van der Waals surface area contributed by atoms with Crippen molar-refractivity contribution in [3.63, 3.8) is 0 Å². The first kappa shape index (κ1) is 15.2. The molecule has 0 unspecified atom stereocenters. The van der Waals surface area contributed by atoms with Crippen LogP contribution in [0.1, 0.15) is 5.82 Å². The molecule has 0 bridgehead atoms. The Hall–Kier alpha value is -2.23. The molecule has 0 spiro atoms. The fraction of sp³-hybridized carbons (Fsp3) is 0.167. The van der Waals surface area contributed by atoms with Crippen LogP contribution in [0.3, 0.4) is 0 Å². The Kier molecular flexibility index (Phi) is 5.04. The van der Waals surface area contributed by atoms with Gasteiger partial charge in [-0.2, -0.15) is 0 Å². The van der Waals surface area contributed by atoms with Crippen LogP contribution < -0.4 is 11.3 Å². The fourth-order valence-electron chi connectivity index (χ4n) is 1.55. The zero-order valence-electron chi connectivity index (χ0n) is 11.1. The van der Waals surface area contributed by atoms with E-state index in [4.69, 9.17) is 10.6 Å². The van der Waals surface area contributed by atoms with Gasteiger partial charge in [0.25, 0.3) is 5.69 Å². The van der Waals surface area contributed by atoms with Crippen LogP contribution in [0, 0.1) is 10.1 Å². The first-order valence-corrected chi connectivity index (χ1v) is 6.70. The average molecular weight is 307 g/mol. The van der Waals surface area contributed by atoms with Gasteiger partial charge in [-0.05, 0) is 12.1 Å². The van der Waals surface area contributed by atoms with Crippen molar-refractivity contribution in [1.29, 1.82) is 0 Å². The molecule has 1 aromatic heterocycles. The Morgan fingerprint density at radius 1 is 1.38 bits per heavy atom. The van der Waals surface area contributed by atoms with Gasteiger partial charge < -0.3 is 10.2 Å². The number of nitro benzene ring substituents is 1. The summed E-state index contributed by atoms with van der Waals surface area (Å²) in [5, 5.41) is 11.3. The SMILES string of the molecule is COCc1nc(NN)cc(Sc2ccc([N+](=O)[O-])cc2)n1. The van der Waals surface area contributed by atoms with Crippen LogP contribution in [0.25, 0.3) is 0 Å². The summed E-state index contributed by atoms with van der Waals surface area (Å²) in [6, 6.07) is 7.90. The topological polar surface area (TPSA) is 116 Å². The van der Waals surface area contributed by atoms with Crippen LogP contribution in [-0.4, -0.2) is 22.0 Å². The molecule has 110 valence electrons. The number of ether oxygens (including phenoxy) is 1. The number of nitrogens with zero attached hydrogens (tertiary/aromatic N) is 3. The summed E-state index contributed by atoms with van der Waals surface area (Å²) in [7, 11) is 1.55. The van der Waals surface area contributed by atoms with Crippen molar-refractivity contribution in [2.24, 2.45) is 5.84 Å². The molecule has 21 heavy (non-hydrogen) atoms. The van der Waals surface area contributed by atoms with Gasteiger partial charge in [0.05, 0.1) is 4.92 Å². The van der Waals surface area contributed by atoms with E-state index in [1.807, 2.05) is 0 Å². The molecular formula is C12H13N5O3S. The second-order valence-corrected chi connectivity index (χ2v) is 5.03. The van der Waals surface area contributed by atoms with Gasteiger partial charge in [0.15, 0.2) is 5.82 Å². The zero-order valence-corrected chi connectivity index (χ0v) is 12.0. The number of hydrogen-bond donors (Lipinski definition) is 2. The number of methoxy groups -OCH3 is 1. The summed E-state index contributed by atoms with van der Waals surface area (Å²) in [4.78, 5) is 19.5. The Balaban J connectivity index is 2.21. The van der Waals surface area contributed by atoms with E-state index < -0.39 is 4.92 Å². The fourth-order valence-corrected chi connectivity index (χ4v) is 2.38. The zero-order chi connectivity index (χ0) is 15.2. The molecule has 0 fully saturated rings. The number of non-ortho nitro benzene ring substituents is 1. The number of rotatable bonds is 6. The van der Waals surface area contributed by atoms with Gasteiger partial charge in [0.1, 0.15) is 17.5 Å². The van der Waals surface area contributed by atoms with Crippen molar-refractivity contribution in [3.05, 3.63) is 46.3 Å². The van der Waals surface area contributed by atoms with E-state index in [2.05, 4.69) is 15.4 Å². The summed E-state index contributed by atoms with van der Waals surface area (Å²) in [5.41, 5.74) is 2.51. The molecule has 0 amide bonds. The third-order valence-corrected chi connectivity index (χ3v) is 3.37. The number of nitro groups is 1. The van der Waals surface area contributed by atoms with Gasteiger partial charge in [-0.15, -0.1) is 0 Å². The molecule has 9 heteroatoms. The molecule has 0 saturated heterocycles. The predicted octanol–water partition coefficient (Wildman–Crippen LogP) is 1.97. The minimum atomic E-state index is -0.438. The van der Waals surface area contributed by atoms with Crippen LogP contribution in [0.5, 0.6) is 0 Å². The summed E-state index contributed by atoms with van der Waals surface area (Å²) in [5.74, 6) is 6.34. The summed E-state index contributed by atoms with van der Waals surface area (Å²) in [6.07, 6.45) is 0. The molecule has 2 rings (SSSR count). The smallest absolute Gasteiger partial charge is 0.269 e. The van der Waals surface area contributed by atoms with Gasteiger partial charge in [0, 0.05) is 30.2 Å². The second kappa shape index (κ2) is 6.97. The molecule has 0 aliphatic rings. The molecule has 2 aromatic rings. The lowest BCUT2D eigenvalue weighted by Crippen LogP contribution is -2.11. The molecule has 0 saturated carbocycles. The van der Waals surface area contributed by atoms with Crippen molar-refractivity contribution in [2.45, 2.75) is 16.5 Å². The molecule has 1 aromatic carbocycles. The van der Waals surface area contributed by atoms with E-state index in [1.165, 1.54) is 23.9 Å². The van der Waals surface area contributed by atoms with E-state index in [0.29, 0.717) is 16.7 Å².